The number of methoxy groups -OCH3 is 1. The minimum Gasteiger partial charge on any atom is -0.497 e. The molecular formula is C25H28N4O2S. The Labute approximate surface area is 193 Å². The number of aromatic nitrogens is 2. The molecule has 0 bridgehead atoms. The number of hydrogen-bond donors (Lipinski definition) is 1. The second-order valence-corrected chi connectivity index (χ2v) is 8.67. The van der Waals surface area contributed by atoms with Crippen molar-refractivity contribution in [2.24, 2.45) is 5.92 Å². The summed E-state index contributed by atoms with van der Waals surface area (Å²) in [5.74, 6) is 2.15. The minimum atomic E-state index is -0.0393. The summed E-state index contributed by atoms with van der Waals surface area (Å²) in [5.41, 5.74) is 2.17. The standard InChI is InChI=1S/C25H28N4O2S/c1-31-22-9-5-8-21(16-22)17-23-27-25(32-28-23)29-14-12-20(13-15-29)18-26-24(30)11-10-19-6-3-2-4-7-19/h2-11,16,20H,12-15,17-18H2,1H3,(H,26,30). The van der Waals surface area contributed by atoms with Crippen LogP contribution in [-0.4, -0.2) is 42.0 Å². The van der Waals surface area contributed by atoms with E-state index in [0.717, 1.165) is 53.8 Å². The number of anilines is 1. The van der Waals surface area contributed by atoms with Gasteiger partial charge in [-0.2, -0.15) is 4.37 Å². The molecule has 7 heteroatoms. The average molecular weight is 449 g/mol. The SMILES string of the molecule is COc1cccc(Cc2nsc(N3CCC(CNC(=O)C=Cc4ccccc4)CC3)n2)c1. The molecule has 3 aromatic rings. The fourth-order valence-corrected chi connectivity index (χ4v) is 4.51. The Morgan fingerprint density at radius 3 is 2.78 bits per heavy atom. The zero-order valence-corrected chi connectivity index (χ0v) is 19.1. The van der Waals surface area contributed by atoms with Gasteiger partial charge in [0.05, 0.1) is 7.11 Å². The third-order valence-electron chi connectivity index (χ3n) is 5.63. The number of amides is 1. The zero-order chi connectivity index (χ0) is 22.2. The van der Waals surface area contributed by atoms with Gasteiger partial charge in [0.1, 0.15) is 11.6 Å². The fraction of sp³-hybridized carbons (Fsp3) is 0.320. The lowest BCUT2D eigenvalue weighted by atomic mass is 9.97. The van der Waals surface area contributed by atoms with Crippen LogP contribution < -0.4 is 15.0 Å². The van der Waals surface area contributed by atoms with E-state index in [9.17, 15) is 4.79 Å². The topological polar surface area (TPSA) is 67.3 Å². The number of piperidine rings is 1. The predicted octanol–water partition coefficient (Wildman–Crippen LogP) is 4.18. The number of carbonyl (C=O) groups is 1. The van der Waals surface area contributed by atoms with E-state index >= 15 is 0 Å². The lowest BCUT2D eigenvalue weighted by Gasteiger charge is -2.31. The van der Waals surface area contributed by atoms with Crippen molar-refractivity contribution in [3.63, 3.8) is 0 Å². The molecule has 2 aromatic carbocycles. The van der Waals surface area contributed by atoms with Crippen LogP contribution in [0, 0.1) is 5.92 Å². The summed E-state index contributed by atoms with van der Waals surface area (Å²) >= 11 is 1.46. The van der Waals surface area contributed by atoms with E-state index in [4.69, 9.17) is 9.72 Å². The van der Waals surface area contributed by atoms with Crippen LogP contribution in [0.25, 0.3) is 6.08 Å². The monoisotopic (exact) mass is 448 g/mol. The van der Waals surface area contributed by atoms with Crippen LogP contribution in [-0.2, 0) is 11.2 Å². The molecule has 0 saturated carbocycles. The summed E-state index contributed by atoms with van der Waals surface area (Å²) in [7, 11) is 1.68. The number of benzene rings is 2. The maximum atomic E-state index is 12.1. The maximum Gasteiger partial charge on any atom is 0.244 e. The molecule has 4 rings (SSSR count). The van der Waals surface area contributed by atoms with Gasteiger partial charge in [0.15, 0.2) is 0 Å². The molecule has 0 atom stereocenters. The maximum absolute atomic E-state index is 12.1. The van der Waals surface area contributed by atoms with Crippen molar-refractivity contribution in [2.45, 2.75) is 19.3 Å². The highest BCUT2D eigenvalue weighted by Crippen LogP contribution is 2.25. The summed E-state index contributed by atoms with van der Waals surface area (Å²) in [4.78, 5) is 19.2. The lowest BCUT2D eigenvalue weighted by Crippen LogP contribution is -2.38. The summed E-state index contributed by atoms with van der Waals surface area (Å²) < 4.78 is 9.84. The summed E-state index contributed by atoms with van der Waals surface area (Å²) in [5, 5.41) is 4.02. The van der Waals surface area contributed by atoms with E-state index in [0.29, 0.717) is 18.9 Å². The van der Waals surface area contributed by atoms with Crippen LogP contribution in [0.2, 0.25) is 0 Å². The Balaban J connectivity index is 1.22. The van der Waals surface area contributed by atoms with E-state index < -0.39 is 0 Å². The van der Waals surface area contributed by atoms with E-state index in [1.54, 1.807) is 13.2 Å². The van der Waals surface area contributed by atoms with Crippen LogP contribution in [0.5, 0.6) is 5.75 Å². The molecule has 6 nitrogen and oxygen atoms in total. The molecule has 1 fully saturated rings. The van der Waals surface area contributed by atoms with E-state index in [1.165, 1.54) is 11.5 Å². The molecule has 1 aromatic heterocycles. The van der Waals surface area contributed by atoms with Gasteiger partial charge in [-0.05, 0) is 48.1 Å². The largest absolute Gasteiger partial charge is 0.497 e. The van der Waals surface area contributed by atoms with E-state index in [2.05, 4.69) is 20.7 Å². The number of carbonyl (C=O) groups excluding carboxylic acids is 1. The Morgan fingerprint density at radius 1 is 1.19 bits per heavy atom. The molecule has 166 valence electrons. The van der Waals surface area contributed by atoms with E-state index in [-0.39, 0.29) is 5.91 Å². The number of ether oxygens (including phenoxy) is 1. The second kappa shape index (κ2) is 10.9. The minimum absolute atomic E-state index is 0.0393. The Hall–Kier alpha value is -3.19. The molecule has 1 saturated heterocycles. The quantitative estimate of drug-likeness (QED) is 0.524. The van der Waals surface area contributed by atoms with Crippen LogP contribution in [0.15, 0.2) is 60.7 Å². The van der Waals surface area contributed by atoms with E-state index in [1.807, 2.05) is 54.6 Å². The van der Waals surface area contributed by atoms with Crippen molar-refractivity contribution in [3.05, 3.63) is 77.6 Å². The van der Waals surface area contributed by atoms with Gasteiger partial charge in [0, 0.05) is 43.7 Å². The van der Waals surface area contributed by atoms with Crippen LogP contribution in [0.3, 0.4) is 0 Å². The highest BCUT2D eigenvalue weighted by atomic mass is 32.1. The van der Waals surface area contributed by atoms with Crippen molar-refractivity contribution < 1.29 is 9.53 Å². The van der Waals surface area contributed by atoms with Gasteiger partial charge < -0.3 is 15.0 Å². The van der Waals surface area contributed by atoms with Gasteiger partial charge in [0.25, 0.3) is 0 Å². The van der Waals surface area contributed by atoms with Crippen LogP contribution >= 0.6 is 11.5 Å². The molecule has 1 amide bonds. The molecule has 2 heterocycles. The van der Waals surface area contributed by atoms with Crippen molar-refractivity contribution in [1.82, 2.24) is 14.7 Å². The summed E-state index contributed by atoms with van der Waals surface area (Å²) in [6.07, 6.45) is 6.22. The molecule has 1 aliphatic heterocycles. The van der Waals surface area contributed by atoms with Crippen molar-refractivity contribution in [1.29, 1.82) is 0 Å². The van der Waals surface area contributed by atoms with Crippen LogP contribution in [0.4, 0.5) is 5.13 Å². The smallest absolute Gasteiger partial charge is 0.244 e. The summed E-state index contributed by atoms with van der Waals surface area (Å²) in [6.45, 7) is 2.59. The highest BCUT2D eigenvalue weighted by molar-refractivity contribution is 7.09. The molecule has 1 N–H and O–H groups in total. The Kier molecular flexibility index (Phi) is 7.51. The van der Waals surface area contributed by atoms with Gasteiger partial charge in [-0.3, -0.25) is 4.79 Å². The first kappa shape index (κ1) is 22.0. The number of hydrogen-bond acceptors (Lipinski definition) is 6. The predicted molar refractivity (Wildman–Crippen MR) is 129 cm³/mol. The number of nitrogens with one attached hydrogen (secondary N) is 1. The van der Waals surface area contributed by atoms with Crippen molar-refractivity contribution in [3.8, 4) is 5.75 Å². The molecule has 32 heavy (non-hydrogen) atoms. The summed E-state index contributed by atoms with van der Waals surface area (Å²) in [6, 6.07) is 17.9. The lowest BCUT2D eigenvalue weighted by molar-refractivity contribution is -0.116. The van der Waals surface area contributed by atoms with Gasteiger partial charge in [-0.25, -0.2) is 4.98 Å². The fourth-order valence-electron chi connectivity index (χ4n) is 3.78. The first-order chi connectivity index (χ1) is 15.7. The van der Waals surface area contributed by atoms with Gasteiger partial charge in [-0.15, -0.1) is 0 Å². The molecule has 0 aliphatic carbocycles. The number of rotatable bonds is 8. The molecular weight excluding hydrogens is 420 g/mol. The first-order valence-electron chi connectivity index (χ1n) is 10.9. The molecule has 0 unspecified atom stereocenters. The first-order valence-corrected chi connectivity index (χ1v) is 11.7. The van der Waals surface area contributed by atoms with Gasteiger partial charge >= 0.3 is 0 Å². The zero-order valence-electron chi connectivity index (χ0n) is 18.2. The molecule has 1 aliphatic rings. The second-order valence-electron chi connectivity index (χ2n) is 7.94. The van der Waals surface area contributed by atoms with Gasteiger partial charge in [0.2, 0.25) is 11.0 Å². The average Bonchev–Trinajstić information content (AvgIpc) is 3.31. The van der Waals surface area contributed by atoms with Gasteiger partial charge in [-0.1, -0.05) is 42.5 Å². The molecule has 0 spiro atoms. The highest BCUT2D eigenvalue weighted by Gasteiger charge is 2.22. The Morgan fingerprint density at radius 2 is 2.00 bits per heavy atom. The number of nitrogens with zero attached hydrogens (tertiary/aromatic N) is 3. The molecule has 0 radical (unpaired) electrons. The third-order valence-corrected chi connectivity index (χ3v) is 6.45. The normalized spacial score (nSPS) is 14.6. The van der Waals surface area contributed by atoms with Crippen LogP contribution in [0.1, 0.15) is 29.8 Å². The Bertz CT molecular complexity index is 1040. The van der Waals surface area contributed by atoms with Crippen molar-refractivity contribution >= 4 is 28.6 Å². The third kappa shape index (κ3) is 6.17. The van der Waals surface area contributed by atoms with Crippen molar-refractivity contribution in [2.75, 3.05) is 31.6 Å².